The average molecular weight is 261 g/mol. The van der Waals surface area contributed by atoms with E-state index < -0.39 is 0 Å². The third kappa shape index (κ3) is 3.67. The summed E-state index contributed by atoms with van der Waals surface area (Å²) in [5.74, 6) is 0. The van der Waals surface area contributed by atoms with Crippen LogP contribution in [-0.4, -0.2) is 16.8 Å². The molecule has 0 amide bonds. The third-order valence-electron chi connectivity index (χ3n) is 1.61. The van der Waals surface area contributed by atoms with E-state index in [2.05, 4.69) is 27.8 Å². The van der Waals surface area contributed by atoms with Crippen molar-refractivity contribution in [2.75, 3.05) is 6.54 Å². The first kappa shape index (κ1) is 11.0. The van der Waals surface area contributed by atoms with E-state index in [1.165, 1.54) is 0 Å². The predicted octanol–water partition coefficient (Wildman–Crippen LogP) is 2.67. The van der Waals surface area contributed by atoms with Crippen molar-refractivity contribution in [3.05, 3.63) is 22.8 Å². The maximum Gasteiger partial charge on any atom is 0.110 e. The Kier molecular flexibility index (Phi) is 4.77. The number of nitrogens with zero attached hydrogens (tertiary/aromatic N) is 1. The molecule has 0 aliphatic carbocycles. The monoisotopic (exact) mass is 260 g/mol. The number of hydrogen-bond donors (Lipinski definition) is 1. The molecule has 2 N–H and O–H groups in total. The lowest BCUT2D eigenvalue weighted by Gasteiger charge is -2.09. The summed E-state index contributed by atoms with van der Waals surface area (Å²) in [6, 6.07) is 3.92. The molecule has 0 saturated carbocycles. The van der Waals surface area contributed by atoms with Crippen LogP contribution >= 0.6 is 27.7 Å². The van der Waals surface area contributed by atoms with Crippen LogP contribution in [0.25, 0.3) is 0 Å². The summed E-state index contributed by atoms with van der Waals surface area (Å²) in [6.45, 7) is 2.90. The molecular formula is C9H13BrN2S. The normalized spacial score (nSPS) is 12.8. The molecule has 0 radical (unpaired) electrons. The second-order valence-electron chi connectivity index (χ2n) is 2.80. The lowest BCUT2D eigenvalue weighted by molar-refractivity contribution is 0.820. The molecule has 0 fully saturated rings. The van der Waals surface area contributed by atoms with E-state index in [-0.39, 0.29) is 0 Å². The lowest BCUT2D eigenvalue weighted by Crippen LogP contribution is -2.07. The Bertz CT molecular complexity index is 268. The number of pyridine rings is 1. The molecular weight excluding hydrogens is 248 g/mol. The molecule has 0 spiro atoms. The molecule has 1 heterocycles. The van der Waals surface area contributed by atoms with Crippen LogP contribution in [0, 0.1) is 0 Å². The fourth-order valence-electron chi connectivity index (χ4n) is 0.942. The number of thioether (sulfide) groups is 1. The standard InChI is InChI=1S/C9H13BrN2S/c1-7(4-5-11)13-9-8(10)3-2-6-12-9/h2-3,6-7H,4-5,11H2,1H3. The summed E-state index contributed by atoms with van der Waals surface area (Å²) in [7, 11) is 0. The molecule has 1 atom stereocenters. The molecule has 1 unspecified atom stereocenters. The first-order chi connectivity index (χ1) is 6.24. The highest BCUT2D eigenvalue weighted by Gasteiger charge is 2.06. The zero-order valence-corrected chi connectivity index (χ0v) is 9.94. The minimum absolute atomic E-state index is 0.524. The van der Waals surface area contributed by atoms with Crippen molar-refractivity contribution in [3.8, 4) is 0 Å². The number of halogens is 1. The zero-order valence-electron chi connectivity index (χ0n) is 7.53. The first-order valence-electron chi connectivity index (χ1n) is 4.21. The second-order valence-corrected chi connectivity index (χ2v) is 5.08. The molecule has 0 aliphatic rings. The van der Waals surface area contributed by atoms with E-state index in [1.54, 1.807) is 11.8 Å². The quantitative estimate of drug-likeness (QED) is 0.847. The highest BCUT2D eigenvalue weighted by molar-refractivity contribution is 9.10. The second kappa shape index (κ2) is 5.62. The number of hydrogen-bond acceptors (Lipinski definition) is 3. The Labute approximate surface area is 91.4 Å². The van der Waals surface area contributed by atoms with E-state index in [0.717, 1.165) is 22.5 Å². The van der Waals surface area contributed by atoms with Gasteiger partial charge in [0.2, 0.25) is 0 Å². The number of rotatable bonds is 4. The first-order valence-corrected chi connectivity index (χ1v) is 5.88. The van der Waals surface area contributed by atoms with E-state index >= 15 is 0 Å². The van der Waals surface area contributed by atoms with Crippen molar-refractivity contribution in [2.45, 2.75) is 23.6 Å². The van der Waals surface area contributed by atoms with Crippen LogP contribution in [0.2, 0.25) is 0 Å². The van der Waals surface area contributed by atoms with Gasteiger partial charge < -0.3 is 5.73 Å². The fraction of sp³-hybridized carbons (Fsp3) is 0.444. The van der Waals surface area contributed by atoms with Crippen molar-refractivity contribution < 1.29 is 0 Å². The van der Waals surface area contributed by atoms with Crippen LogP contribution in [0.3, 0.4) is 0 Å². The Morgan fingerprint density at radius 2 is 2.46 bits per heavy atom. The van der Waals surface area contributed by atoms with Gasteiger partial charge in [-0.15, -0.1) is 11.8 Å². The van der Waals surface area contributed by atoms with Gasteiger partial charge in [-0.3, -0.25) is 0 Å². The van der Waals surface area contributed by atoms with Crippen molar-refractivity contribution in [1.29, 1.82) is 0 Å². The van der Waals surface area contributed by atoms with E-state index in [4.69, 9.17) is 5.73 Å². The molecule has 0 bridgehead atoms. The minimum atomic E-state index is 0.524. The largest absolute Gasteiger partial charge is 0.330 e. The Balaban J connectivity index is 2.58. The van der Waals surface area contributed by atoms with Crippen molar-refractivity contribution >= 4 is 27.7 Å². The Hall–Kier alpha value is -0.0600. The summed E-state index contributed by atoms with van der Waals surface area (Å²) >= 11 is 5.22. The number of nitrogens with two attached hydrogens (primary N) is 1. The summed E-state index contributed by atoms with van der Waals surface area (Å²) in [6.07, 6.45) is 2.83. The van der Waals surface area contributed by atoms with Crippen LogP contribution in [0.5, 0.6) is 0 Å². The van der Waals surface area contributed by atoms with Gasteiger partial charge in [0.1, 0.15) is 5.03 Å². The van der Waals surface area contributed by atoms with Gasteiger partial charge in [0.05, 0.1) is 0 Å². The van der Waals surface area contributed by atoms with Crippen LogP contribution in [0.4, 0.5) is 0 Å². The predicted molar refractivity (Wildman–Crippen MR) is 60.9 cm³/mol. The third-order valence-corrected chi connectivity index (χ3v) is 3.70. The van der Waals surface area contributed by atoms with E-state index in [1.807, 2.05) is 18.3 Å². The molecule has 4 heteroatoms. The van der Waals surface area contributed by atoms with Gasteiger partial charge in [-0.25, -0.2) is 4.98 Å². The van der Waals surface area contributed by atoms with Gasteiger partial charge in [-0.1, -0.05) is 6.92 Å². The van der Waals surface area contributed by atoms with Crippen LogP contribution in [0.1, 0.15) is 13.3 Å². The van der Waals surface area contributed by atoms with Gasteiger partial charge in [0.15, 0.2) is 0 Å². The maximum absolute atomic E-state index is 5.48. The zero-order chi connectivity index (χ0) is 9.68. The lowest BCUT2D eigenvalue weighted by atomic mass is 10.3. The maximum atomic E-state index is 5.48. The SMILES string of the molecule is CC(CCN)Sc1ncccc1Br. The molecule has 72 valence electrons. The molecule has 0 aliphatic heterocycles. The van der Waals surface area contributed by atoms with Crippen molar-refractivity contribution in [2.24, 2.45) is 5.73 Å². The van der Waals surface area contributed by atoms with Crippen LogP contribution < -0.4 is 5.73 Å². The summed E-state index contributed by atoms with van der Waals surface area (Å²) in [5.41, 5.74) is 5.48. The van der Waals surface area contributed by atoms with Crippen molar-refractivity contribution in [3.63, 3.8) is 0 Å². The smallest absolute Gasteiger partial charge is 0.110 e. The summed E-state index contributed by atoms with van der Waals surface area (Å²) < 4.78 is 1.06. The molecule has 0 saturated heterocycles. The highest BCUT2D eigenvalue weighted by atomic mass is 79.9. The fourth-order valence-corrected chi connectivity index (χ4v) is 2.41. The molecule has 1 aromatic rings. The summed E-state index contributed by atoms with van der Waals surface area (Å²) in [4.78, 5) is 4.28. The molecule has 2 nitrogen and oxygen atoms in total. The minimum Gasteiger partial charge on any atom is -0.330 e. The molecule has 0 aromatic carbocycles. The molecule has 1 aromatic heterocycles. The average Bonchev–Trinajstić information content (AvgIpc) is 2.09. The van der Waals surface area contributed by atoms with E-state index in [9.17, 15) is 0 Å². The van der Waals surface area contributed by atoms with Crippen LogP contribution in [-0.2, 0) is 0 Å². The van der Waals surface area contributed by atoms with Crippen molar-refractivity contribution in [1.82, 2.24) is 4.98 Å². The van der Waals surface area contributed by atoms with Gasteiger partial charge in [-0.2, -0.15) is 0 Å². The highest BCUT2D eigenvalue weighted by Crippen LogP contribution is 2.28. The summed E-state index contributed by atoms with van der Waals surface area (Å²) in [5, 5.41) is 1.57. The van der Waals surface area contributed by atoms with Gasteiger partial charge in [-0.05, 0) is 41.0 Å². The molecule has 13 heavy (non-hydrogen) atoms. The van der Waals surface area contributed by atoms with E-state index in [0.29, 0.717) is 5.25 Å². The topological polar surface area (TPSA) is 38.9 Å². The number of aromatic nitrogens is 1. The Morgan fingerprint density at radius 1 is 1.69 bits per heavy atom. The van der Waals surface area contributed by atoms with Gasteiger partial charge >= 0.3 is 0 Å². The molecule has 1 rings (SSSR count). The Morgan fingerprint density at radius 3 is 3.08 bits per heavy atom. The van der Waals surface area contributed by atoms with Gasteiger partial charge in [0, 0.05) is 15.9 Å². The van der Waals surface area contributed by atoms with Gasteiger partial charge in [0.25, 0.3) is 0 Å². The van der Waals surface area contributed by atoms with Crippen LogP contribution in [0.15, 0.2) is 27.8 Å².